The lowest BCUT2D eigenvalue weighted by Gasteiger charge is -2.30. The van der Waals surface area contributed by atoms with Crippen LogP contribution in [0.4, 0.5) is 0 Å². The molecule has 1 saturated carbocycles. The van der Waals surface area contributed by atoms with Crippen LogP contribution in [0.2, 0.25) is 0 Å². The third-order valence-electron chi connectivity index (χ3n) is 5.60. The Morgan fingerprint density at radius 2 is 1.85 bits per heavy atom. The molecule has 4 heteroatoms. The van der Waals surface area contributed by atoms with E-state index in [1.807, 2.05) is 36.2 Å². The predicted molar refractivity (Wildman–Crippen MR) is 110 cm³/mol. The van der Waals surface area contributed by atoms with Gasteiger partial charge < -0.3 is 10.6 Å². The second kappa shape index (κ2) is 11.0. The maximum Gasteiger partial charge on any atom is 0.246 e. The summed E-state index contributed by atoms with van der Waals surface area (Å²) in [5, 5.41) is 0. The molecule has 0 heterocycles. The van der Waals surface area contributed by atoms with Crippen molar-refractivity contribution in [1.29, 1.82) is 0 Å². The molecular weight excluding hydrogens is 336 g/mol. The smallest absolute Gasteiger partial charge is 0.246 e. The van der Waals surface area contributed by atoms with E-state index in [-0.39, 0.29) is 17.6 Å². The molecule has 1 aromatic carbocycles. The molecule has 0 radical (unpaired) electrons. The van der Waals surface area contributed by atoms with Gasteiger partial charge in [0.15, 0.2) is 0 Å². The van der Waals surface area contributed by atoms with Crippen LogP contribution in [-0.4, -0.2) is 35.7 Å². The monoisotopic (exact) mass is 370 g/mol. The van der Waals surface area contributed by atoms with Crippen LogP contribution in [0, 0.1) is 5.92 Å². The van der Waals surface area contributed by atoms with E-state index in [1.54, 1.807) is 13.0 Å². The first-order valence-corrected chi connectivity index (χ1v) is 10.2. The van der Waals surface area contributed by atoms with Crippen molar-refractivity contribution in [1.82, 2.24) is 4.90 Å². The minimum absolute atomic E-state index is 0.0346. The molecular formula is C23H34N2O2. The van der Waals surface area contributed by atoms with Gasteiger partial charge in [0, 0.05) is 19.5 Å². The number of hydrogen-bond donors (Lipinski definition) is 1. The summed E-state index contributed by atoms with van der Waals surface area (Å²) in [6.07, 6.45) is 11.6. The molecule has 2 rings (SSSR count). The number of likely N-dealkylation sites (N-methyl/N-ethyl adjacent to an activating group) is 1. The molecule has 1 aliphatic rings. The van der Waals surface area contributed by atoms with Gasteiger partial charge in [0.25, 0.3) is 0 Å². The highest BCUT2D eigenvalue weighted by Crippen LogP contribution is 2.22. The number of carbonyl (C=O) groups is 2. The molecule has 27 heavy (non-hydrogen) atoms. The largest absolute Gasteiger partial charge is 0.339 e. The fourth-order valence-electron chi connectivity index (χ4n) is 3.69. The van der Waals surface area contributed by atoms with Crippen LogP contribution in [0.25, 0.3) is 0 Å². The minimum atomic E-state index is -0.460. The van der Waals surface area contributed by atoms with Gasteiger partial charge in [0.1, 0.15) is 5.78 Å². The van der Waals surface area contributed by atoms with E-state index in [0.717, 1.165) is 25.7 Å². The van der Waals surface area contributed by atoms with Crippen molar-refractivity contribution in [2.45, 2.75) is 70.4 Å². The number of allylic oxidation sites excluding steroid dienone is 1. The molecule has 1 aliphatic carbocycles. The lowest BCUT2D eigenvalue weighted by atomic mass is 9.92. The molecule has 1 fully saturated rings. The third kappa shape index (κ3) is 7.30. The zero-order valence-corrected chi connectivity index (χ0v) is 16.8. The third-order valence-corrected chi connectivity index (χ3v) is 5.60. The van der Waals surface area contributed by atoms with Crippen molar-refractivity contribution in [3.8, 4) is 0 Å². The van der Waals surface area contributed by atoms with E-state index in [1.165, 1.54) is 24.8 Å². The van der Waals surface area contributed by atoms with E-state index in [9.17, 15) is 9.59 Å². The fourth-order valence-corrected chi connectivity index (χ4v) is 3.69. The number of benzene rings is 1. The Kier molecular flexibility index (Phi) is 8.73. The Balaban J connectivity index is 1.97. The Morgan fingerprint density at radius 3 is 2.48 bits per heavy atom. The number of aryl methyl sites for hydroxylation is 1. The molecule has 0 aromatic heterocycles. The first-order chi connectivity index (χ1) is 13.0. The molecule has 2 atom stereocenters. The van der Waals surface area contributed by atoms with Crippen LogP contribution in [-0.2, 0) is 16.0 Å². The van der Waals surface area contributed by atoms with Crippen molar-refractivity contribution < 1.29 is 9.59 Å². The number of nitrogens with zero attached hydrogens (tertiary/aromatic N) is 1. The van der Waals surface area contributed by atoms with Crippen LogP contribution in [0.1, 0.15) is 57.4 Å². The van der Waals surface area contributed by atoms with Crippen molar-refractivity contribution in [2.24, 2.45) is 11.7 Å². The van der Waals surface area contributed by atoms with Crippen LogP contribution in [0.15, 0.2) is 42.5 Å². The summed E-state index contributed by atoms with van der Waals surface area (Å²) in [5.41, 5.74) is 6.99. The van der Waals surface area contributed by atoms with Gasteiger partial charge in [-0.3, -0.25) is 9.59 Å². The number of hydrogen-bond acceptors (Lipinski definition) is 3. The molecule has 0 unspecified atom stereocenters. The van der Waals surface area contributed by atoms with Gasteiger partial charge in [-0.2, -0.15) is 0 Å². The molecule has 0 aliphatic heterocycles. The number of rotatable bonds is 9. The van der Waals surface area contributed by atoms with E-state index < -0.39 is 6.04 Å². The summed E-state index contributed by atoms with van der Waals surface area (Å²) in [7, 11) is 1.90. The SMILES string of the molecule is C[C@H](N)C(=O)C[C@H](/C=C/C(=O)N(C)C1CCCCC1)CCc1ccccc1. The molecule has 0 spiro atoms. The van der Waals surface area contributed by atoms with Gasteiger partial charge >= 0.3 is 0 Å². The van der Waals surface area contributed by atoms with Crippen LogP contribution < -0.4 is 5.73 Å². The van der Waals surface area contributed by atoms with Gasteiger partial charge in [-0.25, -0.2) is 0 Å². The Morgan fingerprint density at radius 1 is 1.19 bits per heavy atom. The van der Waals surface area contributed by atoms with Crippen LogP contribution >= 0.6 is 0 Å². The molecule has 0 saturated heterocycles. The maximum atomic E-state index is 12.6. The quantitative estimate of drug-likeness (QED) is 0.671. The van der Waals surface area contributed by atoms with Crippen molar-refractivity contribution >= 4 is 11.7 Å². The number of ketones is 1. The molecule has 1 amide bonds. The number of amides is 1. The summed E-state index contributed by atoms with van der Waals surface area (Å²) in [6, 6.07) is 10.1. The minimum Gasteiger partial charge on any atom is -0.339 e. The predicted octanol–water partition coefficient (Wildman–Crippen LogP) is 3.89. The average molecular weight is 371 g/mol. The highest BCUT2D eigenvalue weighted by Gasteiger charge is 2.21. The van der Waals surface area contributed by atoms with E-state index in [0.29, 0.717) is 12.5 Å². The first-order valence-electron chi connectivity index (χ1n) is 10.2. The highest BCUT2D eigenvalue weighted by atomic mass is 16.2. The van der Waals surface area contributed by atoms with E-state index >= 15 is 0 Å². The van der Waals surface area contributed by atoms with Crippen molar-refractivity contribution in [3.63, 3.8) is 0 Å². The average Bonchev–Trinajstić information content (AvgIpc) is 2.70. The molecule has 0 bridgehead atoms. The Hall–Kier alpha value is -1.94. The number of Topliss-reactive ketones (excluding diaryl/α,β-unsaturated/α-hetero) is 1. The summed E-state index contributed by atoms with van der Waals surface area (Å²) in [6.45, 7) is 1.72. The normalized spacial score (nSPS) is 17.6. The van der Waals surface area contributed by atoms with Crippen molar-refractivity contribution in [3.05, 3.63) is 48.0 Å². The van der Waals surface area contributed by atoms with Crippen molar-refractivity contribution in [2.75, 3.05) is 7.05 Å². The molecule has 2 N–H and O–H groups in total. The van der Waals surface area contributed by atoms with Gasteiger partial charge in [0.05, 0.1) is 6.04 Å². The lowest BCUT2D eigenvalue weighted by molar-refractivity contribution is -0.127. The van der Waals surface area contributed by atoms with Crippen LogP contribution in [0.3, 0.4) is 0 Å². The van der Waals surface area contributed by atoms with Gasteiger partial charge in [-0.05, 0) is 50.2 Å². The molecule has 148 valence electrons. The summed E-state index contributed by atoms with van der Waals surface area (Å²) in [5.74, 6) is 0.123. The van der Waals surface area contributed by atoms with E-state index in [4.69, 9.17) is 5.73 Å². The zero-order chi connectivity index (χ0) is 19.6. The maximum absolute atomic E-state index is 12.6. The zero-order valence-electron chi connectivity index (χ0n) is 16.8. The van der Waals surface area contributed by atoms with E-state index in [2.05, 4.69) is 12.1 Å². The van der Waals surface area contributed by atoms with Gasteiger partial charge in [-0.1, -0.05) is 55.7 Å². The topological polar surface area (TPSA) is 63.4 Å². The Bertz CT molecular complexity index is 619. The molecule has 4 nitrogen and oxygen atoms in total. The fraction of sp³-hybridized carbons (Fsp3) is 0.565. The second-order valence-corrected chi connectivity index (χ2v) is 7.84. The van der Waals surface area contributed by atoms with Gasteiger partial charge in [-0.15, -0.1) is 0 Å². The lowest BCUT2D eigenvalue weighted by Crippen LogP contribution is -2.37. The number of nitrogens with two attached hydrogens (primary N) is 1. The number of carbonyl (C=O) groups excluding carboxylic acids is 2. The highest BCUT2D eigenvalue weighted by molar-refractivity contribution is 5.88. The van der Waals surface area contributed by atoms with Gasteiger partial charge in [0.2, 0.25) is 5.91 Å². The standard InChI is InChI=1S/C23H34N2O2/c1-18(24)22(26)17-20(14-13-19-9-5-3-6-10-19)15-16-23(27)25(2)21-11-7-4-8-12-21/h3,5-6,9-10,15-16,18,20-21H,4,7-8,11-14,17,24H2,1-2H3/b16-15+/t18-,20-/m0/s1. The summed E-state index contributed by atoms with van der Waals surface area (Å²) >= 11 is 0. The molecule has 1 aromatic rings. The summed E-state index contributed by atoms with van der Waals surface area (Å²) < 4.78 is 0. The second-order valence-electron chi connectivity index (χ2n) is 7.84. The van der Waals surface area contributed by atoms with Crippen LogP contribution in [0.5, 0.6) is 0 Å². The first kappa shape index (κ1) is 21.4. The Labute approximate surface area is 163 Å². The summed E-state index contributed by atoms with van der Waals surface area (Å²) in [4.78, 5) is 26.6.